The van der Waals surface area contributed by atoms with Crippen LogP contribution in [0.4, 0.5) is 0 Å². The molecule has 3 nitrogen and oxygen atoms in total. The molecule has 0 saturated carbocycles. The average molecular weight is 200 g/mol. The quantitative estimate of drug-likeness (QED) is 0.792. The highest BCUT2D eigenvalue weighted by molar-refractivity contribution is 7.09. The van der Waals surface area contributed by atoms with E-state index in [4.69, 9.17) is 14.6 Å². The zero-order valence-corrected chi connectivity index (χ0v) is 8.00. The van der Waals surface area contributed by atoms with Gasteiger partial charge in [0.25, 0.3) is 0 Å². The summed E-state index contributed by atoms with van der Waals surface area (Å²) >= 11 is 1.70. The van der Waals surface area contributed by atoms with E-state index in [1.54, 1.807) is 11.3 Å². The summed E-state index contributed by atoms with van der Waals surface area (Å²) in [6.45, 7) is 0.549. The van der Waals surface area contributed by atoms with Gasteiger partial charge in [-0.25, -0.2) is 0 Å². The number of thiophene rings is 1. The highest BCUT2D eigenvalue weighted by Crippen LogP contribution is 2.18. The third-order valence-electron chi connectivity index (χ3n) is 1.96. The van der Waals surface area contributed by atoms with Gasteiger partial charge in [-0.15, -0.1) is 11.3 Å². The van der Waals surface area contributed by atoms with E-state index >= 15 is 0 Å². The average Bonchev–Trinajstić information content (AvgIpc) is 2.76. The molecule has 1 aliphatic heterocycles. The van der Waals surface area contributed by atoms with Gasteiger partial charge in [0.2, 0.25) is 0 Å². The summed E-state index contributed by atoms with van der Waals surface area (Å²) in [5.74, 6) is 0. The number of aliphatic hydroxyl groups is 1. The number of aliphatic hydroxyl groups excluding tert-OH is 1. The zero-order valence-electron chi connectivity index (χ0n) is 7.18. The SMILES string of the molecule is OCC1COC(Cc2cccs2)O1. The van der Waals surface area contributed by atoms with E-state index in [9.17, 15) is 0 Å². The van der Waals surface area contributed by atoms with Crippen LogP contribution in [0, 0.1) is 0 Å². The van der Waals surface area contributed by atoms with E-state index in [0.717, 1.165) is 6.42 Å². The molecule has 13 heavy (non-hydrogen) atoms. The molecular weight excluding hydrogens is 188 g/mol. The predicted molar refractivity (Wildman–Crippen MR) is 49.7 cm³/mol. The molecular formula is C9H12O3S. The molecule has 1 fully saturated rings. The minimum absolute atomic E-state index is 0.0426. The number of rotatable bonds is 3. The molecule has 2 unspecified atom stereocenters. The molecule has 0 aliphatic carbocycles. The Morgan fingerprint density at radius 1 is 1.62 bits per heavy atom. The lowest BCUT2D eigenvalue weighted by atomic mass is 10.3. The van der Waals surface area contributed by atoms with E-state index in [2.05, 4.69) is 6.07 Å². The summed E-state index contributed by atoms with van der Waals surface area (Å²) in [4.78, 5) is 1.25. The topological polar surface area (TPSA) is 38.7 Å². The Bertz CT molecular complexity index is 247. The van der Waals surface area contributed by atoms with Gasteiger partial charge in [0.05, 0.1) is 13.2 Å². The molecule has 0 aromatic carbocycles. The van der Waals surface area contributed by atoms with Gasteiger partial charge in [0, 0.05) is 11.3 Å². The van der Waals surface area contributed by atoms with Crippen molar-refractivity contribution < 1.29 is 14.6 Å². The molecule has 72 valence electrons. The molecule has 0 amide bonds. The highest BCUT2D eigenvalue weighted by Gasteiger charge is 2.25. The van der Waals surface area contributed by atoms with Gasteiger partial charge in [-0.2, -0.15) is 0 Å². The van der Waals surface area contributed by atoms with Gasteiger partial charge in [0.1, 0.15) is 6.10 Å². The van der Waals surface area contributed by atoms with Gasteiger partial charge in [-0.3, -0.25) is 0 Å². The van der Waals surface area contributed by atoms with Crippen molar-refractivity contribution in [3.63, 3.8) is 0 Å². The standard InChI is InChI=1S/C9H12O3S/c10-5-7-6-11-9(12-7)4-8-2-1-3-13-8/h1-3,7,9-10H,4-6H2. The Morgan fingerprint density at radius 3 is 3.15 bits per heavy atom. The maximum absolute atomic E-state index is 8.81. The van der Waals surface area contributed by atoms with Crippen molar-refractivity contribution in [2.45, 2.75) is 18.8 Å². The first-order chi connectivity index (χ1) is 6.38. The molecule has 1 aromatic heterocycles. The van der Waals surface area contributed by atoms with Crippen LogP contribution in [0.3, 0.4) is 0 Å². The van der Waals surface area contributed by atoms with Crippen molar-refractivity contribution in [1.29, 1.82) is 0 Å². The first kappa shape index (κ1) is 9.15. The zero-order chi connectivity index (χ0) is 9.10. The fraction of sp³-hybridized carbons (Fsp3) is 0.556. The van der Waals surface area contributed by atoms with Crippen LogP contribution in [0.5, 0.6) is 0 Å². The van der Waals surface area contributed by atoms with Crippen LogP contribution in [0.15, 0.2) is 17.5 Å². The van der Waals surface area contributed by atoms with Gasteiger partial charge in [-0.05, 0) is 11.4 Å². The van der Waals surface area contributed by atoms with E-state index in [0.29, 0.717) is 6.61 Å². The molecule has 1 N–H and O–H groups in total. The summed E-state index contributed by atoms with van der Waals surface area (Å²) in [5.41, 5.74) is 0. The minimum atomic E-state index is -0.171. The van der Waals surface area contributed by atoms with Gasteiger partial charge in [0.15, 0.2) is 6.29 Å². The van der Waals surface area contributed by atoms with Crippen LogP contribution >= 0.6 is 11.3 Å². The predicted octanol–water partition coefficient (Wildman–Crippen LogP) is 1.02. The summed E-state index contributed by atoms with van der Waals surface area (Å²) < 4.78 is 10.8. The van der Waals surface area contributed by atoms with Crippen LogP contribution in [-0.2, 0) is 15.9 Å². The first-order valence-electron chi connectivity index (χ1n) is 4.29. The van der Waals surface area contributed by atoms with E-state index in [1.807, 2.05) is 11.4 Å². The maximum Gasteiger partial charge on any atom is 0.163 e. The van der Waals surface area contributed by atoms with E-state index in [-0.39, 0.29) is 19.0 Å². The lowest BCUT2D eigenvalue weighted by Crippen LogP contribution is -2.17. The first-order valence-corrected chi connectivity index (χ1v) is 5.17. The normalized spacial score (nSPS) is 28.1. The van der Waals surface area contributed by atoms with Crippen molar-refractivity contribution in [2.24, 2.45) is 0 Å². The highest BCUT2D eigenvalue weighted by atomic mass is 32.1. The molecule has 4 heteroatoms. The fourth-order valence-electron chi connectivity index (χ4n) is 1.30. The second-order valence-corrected chi connectivity index (χ2v) is 4.02. The number of ether oxygens (including phenoxy) is 2. The summed E-state index contributed by atoms with van der Waals surface area (Å²) in [5, 5.41) is 10.8. The second-order valence-electron chi connectivity index (χ2n) is 2.99. The largest absolute Gasteiger partial charge is 0.394 e. The lowest BCUT2D eigenvalue weighted by molar-refractivity contribution is -0.0628. The minimum Gasteiger partial charge on any atom is -0.394 e. The van der Waals surface area contributed by atoms with Crippen molar-refractivity contribution in [1.82, 2.24) is 0 Å². The summed E-state index contributed by atoms with van der Waals surface area (Å²) in [7, 11) is 0. The third-order valence-corrected chi connectivity index (χ3v) is 2.86. The Morgan fingerprint density at radius 2 is 2.54 bits per heavy atom. The Labute approximate surface area is 80.9 Å². The molecule has 1 aromatic rings. The van der Waals surface area contributed by atoms with Crippen molar-refractivity contribution >= 4 is 11.3 Å². The third kappa shape index (κ3) is 2.28. The Kier molecular flexibility index (Phi) is 2.95. The van der Waals surface area contributed by atoms with Crippen LogP contribution < -0.4 is 0 Å². The van der Waals surface area contributed by atoms with Gasteiger partial charge < -0.3 is 14.6 Å². The maximum atomic E-state index is 8.81. The number of hydrogen-bond acceptors (Lipinski definition) is 4. The van der Waals surface area contributed by atoms with Crippen LogP contribution in [0.25, 0.3) is 0 Å². The monoisotopic (exact) mass is 200 g/mol. The number of hydrogen-bond donors (Lipinski definition) is 1. The summed E-state index contributed by atoms with van der Waals surface area (Å²) in [6, 6.07) is 4.07. The van der Waals surface area contributed by atoms with E-state index in [1.165, 1.54) is 4.88 Å². The van der Waals surface area contributed by atoms with Crippen LogP contribution in [0.1, 0.15) is 4.88 Å². The molecule has 0 spiro atoms. The Hall–Kier alpha value is -0.420. The molecule has 0 bridgehead atoms. The molecule has 1 saturated heterocycles. The van der Waals surface area contributed by atoms with Crippen molar-refractivity contribution in [3.8, 4) is 0 Å². The second kappa shape index (κ2) is 4.19. The molecule has 2 heterocycles. The van der Waals surface area contributed by atoms with Gasteiger partial charge in [-0.1, -0.05) is 6.07 Å². The summed E-state index contributed by atoms with van der Waals surface area (Å²) in [6.07, 6.45) is 0.481. The lowest BCUT2D eigenvalue weighted by Gasteiger charge is -2.08. The van der Waals surface area contributed by atoms with Crippen LogP contribution in [-0.4, -0.2) is 30.7 Å². The van der Waals surface area contributed by atoms with Crippen molar-refractivity contribution in [2.75, 3.05) is 13.2 Å². The fourth-order valence-corrected chi connectivity index (χ4v) is 2.03. The molecule has 1 aliphatic rings. The Balaban J connectivity index is 1.84. The van der Waals surface area contributed by atoms with Crippen LogP contribution in [0.2, 0.25) is 0 Å². The van der Waals surface area contributed by atoms with Crippen molar-refractivity contribution in [3.05, 3.63) is 22.4 Å². The smallest absolute Gasteiger partial charge is 0.163 e. The molecule has 2 rings (SSSR count). The van der Waals surface area contributed by atoms with Gasteiger partial charge >= 0.3 is 0 Å². The molecule has 0 radical (unpaired) electrons. The van der Waals surface area contributed by atoms with E-state index < -0.39 is 0 Å². The molecule has 2 atom stereocenters.